The molecule has 1 rings (SSSR count). The third-order valence-electron chi connectivity index (χ3n) is 1.88. The van der Waals surface area contributed by atoms with Gasteiger partial charge < -0.3 is 9.47 Å². The van der Waals surface area contributed by atoms with Gasteiger partial charge in [0.25, 0.3) is 0 Å². The lowest BCUT2D eigenvalue weighted by molar-refractivity contribution is -0.0993. The first-order chi connectivity index (χ1) is 6.77. The van der Waals surface area contributed by atoms with Gasteiger partial charge in [-0.05, 0) is 12.1 Å². The van der Waals surface area contributed by atoms with E-state index in [0.717, 1.165) is 0 Å². The molecule has 0 spiro atoms. The average molecular weight is 195 g/mol. The lowest BCUT2D eigenvalue weighted by atomic mass is 10.1. The van der Waals surface area contributed by atoms with Gasteiger partial charge in [-0.25, -0.2) is 0 Å². The summed E-state index contributed by atoms with van der Waals surface area (Å²) >= 11 is 0. The first kappa shape index (κ1) is 10.8. The molecule has 0 saturated heterocycles. The molecule has 0 radical (unpaired) electrons. The first-order valence-electron chi connectivity index (χ1n) is 4.26. The second-order valence-corrected chi connectivity index (χ2v) is 2.76. The maximum atomic E-state index is 11.6. The van der Waals surface area contributed by atoms with Crippen LogP contribution in [0.15, 0.2) is 24.5 Å². The van der Waals surface area contributed by atoms with Gasteiger partial charge in [-0.3, -0.25) is 9.78 Å². The van der Waals surface area contributed by atoms with Gasteiger partial charge in [0.1, 0.15) is 0 Å². The number of aromatic nitrogens is 1. The second kappa shape index (κ2) is 5.47. The molecule has 0 aromatic carbocycles. The number of methoxy groups -OCH3 is 2. The molecule has 1 aromatic rings. The van der Waals surface area contributed by atoms with Crippen LogP contribution in [0.25, 0.3) is 0 Å². The van der Waals surface area contributed by atoms with Crippen molar-refractivity contribution in [1.29, 1.82) is 0 Å². The van der Waals surface area contributed by atoms with Crippen molar-refractivity contribution >= 4 is 5.78 Å². The van der Waals surface area contributed by atoms with Crippen molar-refractivity contribution in [1.82, 2.24) is 4.98 Å². The molecular formula is C10H13NO3. The summed E-state index contributed by atoms with van der Waals surface area (Å²) in [5.74, 6) is -0.0129. The largest absolute Gasteiger partial charge is 0.355 e. The van der Waals surface area contributed by atoms with Crippen LogP contribution in [0.4, 0.5) is 0 Å². The third-order valence-corrected chi connectivity index (χ3v) is 1.88. The molecule has 1 aromatic heterocycles. The van der Waals surface area contributed by atoms with Gasteiger partial charge in [0.15, 0.2) is 12.1 Å². The van der Waals surface area contributed by atoms with E-state index in [9.17, 15) is 4.79 Å². The van der Waals surface area contributed by atoms with Crippen LogP contribution in [0, 0.1) is 0 Å². The van der Waals surface area contributed by atoms with Crippen LogP contribution in [-0.4, -0.2) is 31.3 Å². The van der Waals surface area contributed by atoms with Crippen molar-refractivity contribution in [2.75, 3.05) is 14.2 Å². The van der Waals surface area contributed by atoms with E-state index >= 15 is 0 Å². The van der Waals surface area contributed by atoms with E-state index in [1.54, 1.807) is 24.5 Å². The van der Waals surface area contributed by atoms with Crippen LogP contribution < -0.4 is 0 Å². The number of hydrogen-bond acceptors (Lipinski definition) is 4. The van der Waals surface area contributed by atoms with Crippen molar-refractivity contribution in [2.45, 2.75) is 12.7 Å². The fourth-order valence-corrected chi connectivity index (χ4v) is 1.07. The third kappa shape index (κ3) is 2.90. The van der Waals surface area contributed by atoms with E-state index < -0.39 is 6.29 Å². The molecule has 0 unspecified atom stereocenters. The van der Waals surface area contributed by atoms with Crippen molar-refractivity contribution in [3.05, 3.63) is 30.1 Å². The monoisotopic (exact) mass is 195 g/mol. The molecule has 0 atom stereocenters. The Morgan fingerprint density at radius 3 is 2.43 bits per heavy atom. The van der Waals surface area contributed by atoms with Gasteiger partial charge in [0.05, 0.1) is 6.42 Å². The summed E-state index contributed by atoms with van der Waals surface area (Å²) in [7, 11) is 3.02. The molecular weight excluding hydrogens is 182 g/mol. The average Bonchev–Trinajstić information content (AvgIpc) is 2.26. The molecule has 0 aliphatic carbocycles. The summed E-state index contributed by atoms with van der Waals surface area (Å²) in [6.07, 6.45) is 2.91. The first-order valence-corrected chi connectivity index (χ1v) is 4.26. The maximum absolute atomic E-state index is 11.6. The number of pyridine rings is 1. The lowest BCUT2D eigenvalue weighted by Gasteiger charge is -2.11. The van der Waals surface area contributed by atoms with Crippen molar-refractivity contribution in [2.24, 2.45) is 0 Å². The van der Waals surface area contributed by atoms with Gasteiger partial charge in [-0.15, -0.1) is 0 Å². The number of carbonyl (C=O) groups is 1. The molecule has 4 heteroatoms. The number of ether oxygens (including phenoxy) is 2. The van der Waals surface area contributed by atoms with Crippen LogP contribution in [0.5, 0.6) is 0 Å². The van der Waals surface area contributed by atoms with Gasteiger partial charge in [-0.1, -0.05) is 0 Å². The molecule has 14 heavy (non-hydrogen) atoms. The summed E-state index contributed by atoms with van der Waals surface area (Å²) in [4.78, 5) is 15.4. The van der Waals surface area contributed by atoms with E-state index in [0.29, 0.717) is 5.56 Å². The normalized spacial score (nSPS) is 10.5. The molecule has 0 saturated carbocycles. The highest BCUT2D eigenvalue weighted by Gasteiger charge is 2.13. The SMILES string of the molecule is COC(CC(=O)c1ccncc1)OC. The second-order valence-electron chi connectivity index (χ2n) is 2.76. The number of carbonyl (C=O) groups excluding carboxylic acids is 1. The summed E-state index contributed by atoms with van der Waals surface area (Å²) in [6.45, 7) is 0. The summed E-state index contributed by atoms with van der Waals surface area (Å²) in [6, 6.07) is 3.34. The molecule has 4 nitrogen and oxygen atoms in total. The van der Waals surface area contributed by atoms with Crippen molar-refractivity contribution in [3.8, 4) is 0 Å². The van der Waals surface area contributed by atoms with Crippen LogP contribution in [-0.2, 0) is 9.47 Å². The minimum absolute atomic E-state index is 0.0129. The predicted octanol–water partition coefficient (Wildman–Crippen LogP) is 1.27. The van der Waals surface area contributed by atoms with E-state index in [4.69, 9.17) is 9.47 Å². The zero-order chi connectivity index (χ0) is 10.4. The highest BCUT2D eigenvalue weighted by molar-refractivity contribution is 5.96. The zero-order valence-corrected chi connectivity index (χ0v) is 8.27. The Morgan fingerprint density at radius 2 is 1.93 bits per heavy atom. The molecule has 0 N–H and O–H groups in total. The topological polar surface area (TPSA) is 48.4 Å². The zero-order valence-electron chi connectivity index (χ0n) is 8.27. The summed E-state index contributed by atoms with van der Waals surface area (Å²) in [5, 5.41) is 0. The van der Waals surface area contributed by atoms with E-state index in [1.165, 1.54) is 14.2 Å². The van der Waals surface area contributed by atoms with Crippen LogP contribution >= 0.6 is 0 Å². The van der Waals surface area contributed by atoms with Crippen molar-refractivity contribution in [3.63, 3.8) is 0 Å². The van der Waals surface area contributed by atoms with E-state index in [1.807, 2.05) is 0 Å². The number of hydrogen-bond donors (Lipinski definition) is 0. The number of Topliss-reactive ketones (excluding diaryl/α,β-unsaturated/α-hetero) is 1. The predicted molar refractivity (Wildman–Crippen MR) is 51.0 cm³/mol. The Kier molecular flexibility index (Phi) is 4.22. The molecule has 0 amide bonds. The Bertz CT molecular complexity index is 283. The summed E-state index contributed by atoms with van der Waals surface area (Å²) < 4.78 is 9.87. The number of ketones is 1. The van der Waals surface area contributed by atoms with E-state index in [2.05, 4.69) is 4.98 Å². The Balaban J connectivity index is 2.59. The minimum Gasteiger partial charge on any atom is -0.355 e. The molecule has 0 aliphatic heterocycles. The molecule has 0 bridgehead atoms. The Morgan fingerprint density at radius 1 is 1.36 bits per heavy atom. The quantitative estimate of drug-likeness (QED) is 0.524. The van der Waals surface area contributed by atoms with Gasteiger partial charge in [0.2, 0.25) is 0 Å². The number of nitrogens with zero attached hydrogens (tertiary/aromatic N) is 1. The number of rotatable bonds is 5. The smallest absolute Gasteiger partial charge is 0.168 e. The van der Waals surface area contributed by atoms with Gasteiger partial charge in [0, 0.05) is 32.2 Å². The molecule has 76 valence electrons. The fourth-order valence-electron chi connectivity index (χ4n) is 1.07. The molecule has 0 fully saturated rings. The van der Waals surface area contributed by atoms with E-state index in [-0.39, 0.29) is 12.2 Å². The van der Waals surface area contributed by atoms with Gasteiger partial charge >= 0.3 is 0 Å². The van der Waals surface area contributed by atoms with Crippen LogP contribution in [0.1, 0.15) is 16.8 Å². The highest BCUT2D eigenvalue weighted by atomic mass is 16.7. The van der Waals surface area contributed by atoms with Crippen molar-refractivity contribution < 1.29 is 14.3 Å². The van der Waals surface area contributed by atoms with Gasteiger partial charge in [-0.2, -0.15) is 0 Å². The Labute approximate surface area is 82.9 Å². The molecule has 0 aliphatic rings. The summed E-state index contributed by atoms with van der Waals surface area (Å²) in [5.41, 5.74) is 0.624. The minimum atomic E-state index is -0.476. The lowest BCUT2D eigenvalue weighted by Crippen LogP contribution is -2.18. The molecule has 1 heterocycles. The van der Waals surface area contributed by atoms with Crippen LogP contribution in [0.3, 0.4) is 0 Å². The Hall–Kier alpha value is -1.26. The maximum Gasteiger partial charge on any atom is 0.168 e. The standard InChI is InChI=1S/C10H13NO3/c1-13-10(14-2)7-9(12)8-3-5-11-6-4-8/h3-6,10H,7H2,1-2H3. The fraction of sp³-hybridized carbons (Fsp3) is 0.400. The highest BCUT2D eigenvalue weighted by Crippen LogP contribution is 2.06. The van der Waals surface area contributed by atoms with Crippen LogP contribution in [0.2, 0.25) is 0 Å².